The highest BCUT2D eigenvalue weighted by Gasteiger charge is 2.18. The van der Waals surface area contributed by atoms with Crippen molar-refractivity contribution >= 4 is 17.8 Å². The number of hydrogen-bond donors (Lipinski definition) is 2. The molecule has 0 aliphatic heterocycles. The number of carbonyl (C=O) groups is 2. The van der Waals surface area contributed by atoms with Crippen LogP contribution in [-0.2, 0) is 9.59 Å². The van der Waals surface area contributed by atoms with E-state index in [9.17, 15) is 9.59 Å². The number of hydrogen-bond acceptors (Lipinski definition) is 5. The monoisotopic (exact) mass is 252 g/mol. The number of amides is 1. The van der Waals surface area contributed by atoms with Gasteiger partial charge >= 0.3 is 5.97 Å². The average molecular weight is 252 g/mol. The van der Waals surface area contributed by atoms with Crippen molar-refractivity contribution in [2.75, 3.05) is 18.5 Å². The number of likely N-dealkylation sites (N-methyl/N-ethyl adjacent to an activating group) is 1. The van der Waals surface area contributed by atoms with Gasteiger partial charge < -0.3 is 15.3 Å². The van der Waals surface area contributed by atoms with Crippen molar-refractivity contribution in [3.8, 4) is 0 Å². The van der Waals surface area contributed by atoms with Crippen molar-refractivity contribution in [1.29, 1.82) is 0 Å². The molecule has 1 atom stereocenters. The SMILES string of the molecule is CCC(NC(=O)CN(C)c1ncccn1)C(=O)O. The van der Waals surface area contributed by atoms with Gasteiger partial charge in [0.1, 0.15) is 6.04 Å². The number of carbonyl (C=O) groups excluding carboxylic acids is 1. The molecule has 1 heterocycles. The molecular weight excluding hydrogens is 236 g/mol. The summed E-state index contributed by atoms with van der Waals surface area (Å²) in [6.45, 7) is 1.71. The molecule has 0 fully saturated rings. The fraction of sp³-hybridized carbons (Fsp3) is 0.455. The first-order chi connectivity index (χ1) is 8.54. The molecule has 1 amide bonds. The van der Waals surface area contributed by atoms with Crippen LogP contribution < -0.4 is 10.2 Å². The molecule has 0 saturated heterocycles. The second-order valence-corrected chi connectivity index (χ2v) is 3.77. The number of rotatable bonds is 6. The Morgan fingerprint density at radius 2 is 2.06 bits per heavy atom. The minimum Gasteiger partial charge on any atom is -0.480 e. The molecule has 0 radical (unpaired) electrons. The Balaban J connectivity index is 2.52. The van der Waals surface area contributed by atoms with E-state index in [1.807, 2.05) is 0 Å². The molecule has 0 aliphatic rings. The normalized spacial score (nSPS) is 11.7. The third-order valence-corrected chi connectivity index (χ3v) is 2.32. The molecule has 2 N–H and O–H groups in total. The summed E-state index contributed by atoms with van der Waals surface area (Å²) in [6, 6.07) is 0.817. The lowest BCUT2D eigenvalue weighted by Gasteiger charge is -2.18. The Kier molecular flexibility index (Phi) is 5.04. The maximum atomic E-state index is 11.6. The number of nitrogens with zero attached hydrogens (tertiary/aromatic N) is 3. The smallest absolute Gasteiger partial charge is 0.326 e. The molecule has 1 aromatic heterocycles. The fourth-order valence-corrected chi connectivity index (χ4v) is 1.35. The maximum absolute atomic E-state index is 11.6. The first-order valence-corrected chi connectivity index (χ1v) is 5.55. The zero-order chi connectivity index (χ0) is 13.5. The first kappa shape index (κ1) is 13.9. The molecule has 7 nitrogen and oxygen atoms in total. The summed E-state index contributed by atoms with van der Waals surface area (Å²) in [5, 5.41) is 11.3. The third-order valence-electron chi connectivity index (χ3n) is 2.32. The van der Waals surface area contributed by atoms with Gasteiger partial charge in [0.15, 0.2) is 0 Å². The predicted octanol–water partition coefficient (Wildman–Crippen LogP) is -0.108. The van der Waals surface area contributed by atoms with Crippen molar-refractivity contribution in [2.24, 2.45) is 0 Å². The molecule has 0 spiro atoms. The summed E-state index contributed by atoms with van der Waals surface area (Å²) in [4.78, 5) is 31.9. The number of aromatic nitrogens is 2. The van der Waals surface area contributed by atoms with E-state index < -0.39 is 12.0 Å². The zero-order valence-electron chi connectivity index (χ0n) is 10.3. The molecule has 0 bridgehead atoms. The molecule has 1 aromatic rings. The molecule has 18 heavy (non-hydrogen) atoms. The van der Waals surface area contributed by atoms with Crippen LogP contribution in [0.15, 0.2) is 18.5 Å². The average Bonchev–Trinajstić information content (AvgIpc) is 2.36. The summed E-state index contributed by atoms with van der Waals surface area (Å²) in [7, 11) is 1.66. The summed E-state index contributed by atoms with van der Waals surface area (Å²) in [5.74, 6) is -1.00. The minimum atomic E-state index is -1.04. The van der Waals surface area contributed by atoms with Gasteiger partial charge in [-0.05, 0) is 12.5 Å². The van der Waals surface area contributed by atoms with E-state index in [4.69, 9.17) is 5.11 Å². The highest BCUT2D eigenvalue weighted by molar-refractivity contribution is 5.86. The van der Waals surface area contributed by atoms with Gasteiger partial charge in [0.25, 0.3) is 0 Å². The van der Waals surface area contributed by atoms with E-state index >= 15 is 0 Å². The van der Waals surface area contributed by atoms with E-state index in [0.717, 1.165) is 0 Å². The van der Waals surface area contributed by atoms with E-state index in [0.29, 0.717) is 12.4 Å². The van der Waals surface area contributed by atoms with Crippen molar-refractivity contribution in [3.63, 3.8) is 0 Å². The molecule has 0 saturated carbocycles. The molecule has 0 aromatic carbocycles. The Morgan fingerprint density at radius 1 is 1.44 bits per heavy atom. The van der Waals surface area contributed by atoms with Crippen LogP contribution in [0.1, 0.15) is 13.3 Å². The number of anilines is 1. The molecule has 0 aliphatic carbocycles. The zero-order valence-corrected chi connectivity index (χ0v) is 10.3. The van der Waals surface area contributed by atoms with Gasteiger partial charge in [0.2, 0.25) is 11.9 Å². The second kappa shape index (κ2) is 6.53. The van der Waals surface area contributed by atoms with E-state index in [2.05, 4.69) is 15.3 Å². The van der Waals surface area contributed by atoms with E-state index in [1.54, 1.807) is 37.3 Å². The Bertz CT molecular complexity index is 410. The van der Waals surface area contributed by atoms with Crippen molar-refractivity contribution in [2.45, 2.75) is 19.4 Å². The Hall–Kier alpha value is -2.18. The van der Waals surface area contributed by atoms with Gasteiger partial charge in [0.05, 0.1) is 6.54 Å². The second-order valence-electron chi connectivity index (χ2n) is 3.77. The molecular formula is C11H16N4O3. The van der Waals surface area contributed by atoms with Gasteiger partial charge in [-0.1, -0.05) is 6.92 Å². The predicted molar refractivity (Wildman–Crippen MR) is 65.2 cm³/mol. The van der Waals surface area contributed by atoms with Gasteiger partial charge in [-0.15, -0.1) is 0 Å². The van der Waals surface area contributed by atoms with Crippen LogP contribution in [0.25, 0.3) is 0 Å². The minimum absolute atomic E-state index is 0.00773. The van der Waals surface area contributed by atoms with Crippen LogP contribution in [-0.4, -0.2) is 46.6 Å². The first-order valence-electron chi connectivity index (χ1n) is 5.55. The van der Waals surface area contributed by atoms with Crippen LogP contribution in [0.3, 0.4) is 0 Å². The van der Waals surface area contributed by atoms with Crippen LogP contribution in [0.2, 0.25) is 0 Å². The lowest BCUT2D eigenvalue weighted by molar-refractivity contribution is -0.141. The quantitative estimate of drug-likeness (QED) is 0.733. The number of nitrogens with one attached hydrogen (secondary N) is 1. The van der Waals surface area contributed by atoms with Crippen molar-refractivity contribution < 1.29 is 14.7 Å². The highest BCUT2D eigenvalue weighted by atomic mass is 16.4. The highest BCUT2D eigenvalue weighted by Crippen LogP contribution is 2.01. The van der Waals surface area contributed by atoms with E-state index in [1.165, 1.54) is 0 Å². The summed E-state index contributed by atoms with van der Waals surface area (Å²) >= 11 is 0. The van der Waals surface area contributed by atoms with Crippen LogP contribution in [0, 0.1) is 0 Å². The fourth-order valence-electron chi connectivity index (χ4n) is 1.35. The van der Waals surface area contributed by atoms with Gasteiger partial charge in [-0.3, -0.25) is 4.79 Å². The van der Waals surface area contributed by atoms with Crippen LogP contribution in [0.5, 0.6) is 0 Å². The van der Waals surface area contributed by atoms with Gasteiger partial charge in [0, 0.05) is 19.4 Å². The van der Waals surface area contributed by atoms with Gasteiger partial charge in [-0.2, -0.15) is 0 Å². The third kappa shape index (κ3) is 4.00. The summed E-state index contributed by atoms with van der Waals surface area (Å²) in [5.41, 5.74) is 0. The van der Waals surface area contributed by atoms with Crippen molar-refractivity contribution in [1.82, 2.24) is 15.3 Å². The van der Waals surface area contributed by atoms with Crippen LogP contribution >= 0.6 is 0 Å². The summed E-state index contributed by atoms with van der Waals surface area (Å²) in [6.07, 6.45) is 3.48. The van der Waals surface area contributed by atoms with Gasteiger partial charge in [-0.25, -0.2) is 14.8 Å². The Morgan fingerprint density at radius 3 is 2.56 bits per heavy atom. The molecule has 1 unspecified atom stereocenters. The summed E-state index contributed by atoms with van der Waals surface area (Å²) < 4.78 is 0. The standard InChI is InChI=1S/C11H16N4O3/c1-3-8(10(17)18)14-9(16)7-15(2)11-12-5-4-6-13-11/h4-6,8H,3,7H2,1-2H3,(H,14,16)(H,17,18). The van der Waals surface area contributed by atoms with Crippen LogP contribution in [0.4, 0.5) is 5.95 Å². The Labute approximate surface area is 105 Å². The molecule has 98 valence electrons. The number of aliphatic carboxylic acids is 1. The maximum Gasteiger partial charge on any atom is 0.326 e. The molecule has 1 rings (SSSR count). The topological polar surface area (TPSA) is 95.4 Å². The lowest BCUT2D eigenvalue weighted by atomic mass is 10.2. The number of carboxylic acid groups (broad SMARTS) is 1. The molecule has 7 heteroatoms. The number of carboxylic acids is 1. The largest absolute Gasteiger partial charge is 0.480 e. The van der Waals surface area contributed by atoms with Crippen molar-refractivity contribution in [3.05, 3.63) is 18.5 Å². The lowest BCUT2D eigenvalue weighted by Crippen LogP contribution is -2.44. The van der Waals surface area contributed by atoms with E-state index in [-0.39, 0.29) is 12.5 Å².